The summed E-state index contributed by atoms with van der Waals surface area (Å²) < 4.78 is 5.70. The topological polar surface area (TPSA) is 87.9 Å². The number of H-pyrrole nitrogens is 1. The van der Waals surface area contributed by atoms with Crippen LogP contribution in [-0.2, 0) is 0 Å². The van der Waals surface area contributed by atoms with E-state index in [1.165, 1.54) is 0 Å². The Morgan fingerprint density at radius 3 is 2.95 bits per heavy atom. The highest BCUT2D eigenvalue weighted by Crippen LogP contribution is 2.24. The van der Waals surface area contributed by atoms with E-state index in [0.717, 1.165) is 23.2 Å². The van der Waals surface area contributed by atoms with Crippen LogP contribution in [0.15, 0.2) is 30.5 Å². The van der Waals surface area contributed by atoms with E-state index in [9.17, 15) is 5.11 Å². The molecule has 2 aromatic rings. The van der Waals surface area contributed by atoms with Gasteiger partial charge in [-0.05, 0) is 32.0 Å². The van der Waals surface area contributed by atoms with Crippen molar-refractivity contribution in [3.8, 4) is 5.75 Å². The molecule has 2 rings (SSSR count). The fourth-order valence-corrected chi connectivity index (χ4v) is 2.08. The predicted octanol–water partition coefficient (Wildman–Crippen LogP) is 0.208. The molecule has 110 valence electrons. The Hall–Kier alpha value is -1.56. The highest BCUT2D eigenvalue weighted by atomic mass is 16.5. The number of benzene rings is 1. The summed E-state index contributed by atoms with van der Waals surface area (Å²) in [6, 6.07) is 7.81. The number of fused-ring (bicyclic) bond motifs is 1. The molecule has 0 aliphatic carbocycles. The number of quaternary nitrogens is 1. The molecule has 1 heterocycles. The third kappa shape index (κ3) is 4.23. The van der Waals surface area contributed by atoms with Gasteiger partial charge in [0.1, 0.15) is 25.0 Å². The van der Waals surface area contributed by atoms with E-state index in [4.69, 9.17) is 10.5 Å². The van der Waals surface area contributed by atoms with Gasteiger partial charge in [-0.1, -0.05) is 6.07 Å². The number of aromatic nitrogens is 1. The van der Waals surface area contributed by atoms with Crippen LogP contribution in [0.2, 0.25) is 0 Å². The number of ether oxygens (including phenoxy) is 1. The van der Waals surface area contributed by atoms with Crippen LogP contribution in [0.3, 0.4) is 0 Å². The molecule has 0 spiro atoms. The van der Waals surface area contributed by atoms with Crippen LogP contribution in [0.25, 0.3) is 10.9 Å². The molecule has 1 unspecified atom stereocenters. The average molecular weight is 278 g/mol. The fourth-order valence-electron chi connectivity index (χ4n) is 2.08. The van der Waals surface area contributed by atoms with Gasteiger partial charge < -0.3 is 25.9 Å². The van der Waals surface area contributed by atoms with Crippen molar-refractivity contribution >= 4 is 10.9 Å². The molecule has 0 aliphatic rings. The Kier molecular flexibility index (Phi) is 4.65. The second-order valence-electron chi connectivity index (χ2n) is 5.88. The van der Waals surface area contributed by atoms with Crippen molar-refractivity contribution in [1.82, 2.24) is 4.98 Å². The summed E-state index contributed by atoms with van der Waals surface area (Å²) >= 11 is 0. The first-order valence-electron chi connectivity index (χ1n) is 6.93. The lowest BCUT2D eigenvalue weighted by atomic mass is 10.1. The zero-order chi connectivity index (χ0) is 14.6. The highest BCUT2D eigenvalue weighted by Gasteiger charge is 2.15. The molecule has 0 fully saturated rings. The van der Waals surface area contributed by atoms with Crippen molar-refractivity contribution in [2.24, 2.45) is 5.73 Å². The van der Waals surface area contributed by atoms with E-state index in [1.54, 1.807) is 0 Å². The summed E-state index contributed by atoms with van der Waals surface area (Å²) in [5, 5.41) is 13.0. The van der Waals surface area contributed by atoms with E-state index >= 15 is 0 Å². The largest absolute Gasteiger partial charge is 0.490 e. The maximum Gasteiger partial charge on any atom is 0.137 e. The number of aliphatic hydroxyl groups is 1. The van der Waals surface area contributed by atoms with Gasteiger partial charge in [0.25, 0.3) is 0 Å². The van der Waals surface area contributed by atoms with Crippen LogP contribution in [0.4, 0.5) is 0 Å². The highest BCUT2D eigenvalue weighted by molar-refractivity contribution is 5.85. The SMILES string of the molecule is CC(C)(N)C[NH2+]CC(O)COc1cccc2[nH]ccc12. The van der Waals surface area contributed by atoms with Crippen molar-refractivity contribution in [1.29, 1.82) is 0 Å². The Morgan fingerprint density at radius 1 is 1.40 bits per heavy atom. The lowest BCUT2D eigenvalue weighted by molar-refractivity contribution is -0.666. The van der Waals surface area contributed by atoms with Crippen molar-refractivity contribution in [3.05, 3.63) is 30.5 Å². The van der Waals surface area contributed by atoms with E-state index < -0.39 is 6.10 Å². The predicted molar refractivity (Wildman–Crippen MR) is 79.7 cm³/mol. The molecule has 5 heteroatoms. The summed E-state index contributed by atoms with van der Waals surface area (Å²) in [6.45, 7) is 5.59. The lowest BCUT2D eigenvalue weighted by Gasteiger charge is -2.18. The summed E-state index contributed by atoms with van der Waals surface area (Å²) in [7, 11) is 0. The second-order valence-corrected chi connectivity index (χ2v) is 5.88. The molecule has 20 heavy (non-hydrogen) atoms. The zero-order valence-corrected chi connectivity index (χ0v) is 12.1. The van der Waals surface area contributed by atoms with Gasteiger partial charge in [-0.2, -0.15) is 0 Å². The minimum Gasteiger partial charge on any atom is -0.490 e. The van der Waals surface area contributed by atoms with E-state index in [0.29, 0.717) is 6.54 Å². The lowest BCUT2D eigenvalue weighted by Crippen LogP contribution is -2.90. The van der Waals surface area contributed by atoms with Crippen LogP contribution in [0.5, 0.6) is 5.75 Å². The summed E-state index contributed by atoms with van der Waals surface area (Å²) in [5.41, 5.74) is 6.70. The molecule has 0 aliphatic heterocycles. The number of hydrogen-bond acceptors (Lipinski definition) is 3. The first kappa shape index (κ1) is 14.8. The Bertz CT molecular complexity index is 545. The van der Waals surface area contributed by atoms with Crippen molar-refractivity contribution in [2.45, 2.75) is 25.5 Å². The molecular weight excluding hydrogens is 254 g/mol. The quantitative estimate of drug-likeness (QED) is 0.584. The van der Waals surface area contributed by atoms with E-state index in [2.05, 4.69) is 4.98 Å². The zero-order valence-electron chi connectivity index (χ0n) is 12.1. The number of nitrogens with two attached hydrogens (primary N) is 2. The van der Waals surface area contributed by atoms with Crippen LogP contribution >= 0.6 is 0 Å². The molecule has 1 aromatic heterocycles. The number of nitrogens with one attached hydrogen (secondary N) is 1. The third-order valence-corrected chi connectivity index (χ3v) is 3.10. The minimum atomic E-state index is -0.508. The molecule has 0 saturated carbocycles. The van der Waals surface area contributed by atoms with E-state index in [-0.39, 0.29) is 12.1 Å². The number of aliphatic hydroxyl groups excluding tert-OH is 1. The van der Waals surface area contributed by atoms with Gasteiger partial charge in [-0.15, -0.1) is 0 Å². The normalized spacial score (nSPS) is 13.6. The summed E-state index contributed by atoms with van der Waals surface area (Å²) in [5.74, 6) is 0.793. The molecule has 0 saturated heterocycles. The summed E-state index contributed by atoms with van der Waals surface area (Å²) in [6.07, 6.45) is 1.37. The van der Waals surface area contributed by atoms with Crippen molar-refractivity contribution in [2.75, 3.05) is 19.7 Å². The number of hydrogen-bond donors (Lipinski definition) is 4. The van der Waals surface area contributed by atoms with Gasteiger partial charge in [0.15, 0.2) is 0 Å². The monoisotopic (exact) mass is 278 g/mol. The first-order valence-corrected chi connectivity index (χ1v) is 6.93. The molecule has 0 bridgehead atoms. The van der Waals surface area contributed by atoms with E-state index in [1.807, 2.05) is 49.6 Å². The Balaban J connectivity index is 1.81. The average Bonchev–Trinajstić information content (AvgIpc) is 2.83. The molecule has 1 atom stereocenters. The first-order chi connectivity index (χ1) is 9.46. The van der Waals surface area contributed by atoms with Gasteiger partial charge in [-0.25, -0.2) is 0 Å². The Morgan fingerprint density at radius 2 is 2.20 bits per heavy atom. The van der Waals surface area contributed by atoms with Crippen LogP contribution in [0.1, 0.15) is 13.8 Å². The maximum atomic E-state index is 9.93. The van der Waals surface area contributed by atoms with Crippen LogP contribution in [-0.4, -0.2) is 41.4 Å². The van der Waals surface area contributed by atoms with Crippen molar-refractivity contribution < 1.29 is 15.2 Å². The van der Waals surface area contributed by atoms with Gasteiger partial charge >= 0.3 is 0 Å². The molecule has 0 radical (unpaired) electrons. The van der Waals surface area contributed by atoms with Gasteiger partial charge in [0, 0.05) is 17.1 Å². The van der Waals surface area contributed by atoms with Crippen molar-refractivity contribution in [3.63, 3.8) is 0 Å². The fraction of sp³-hybridized carbons (Fsp3) is 0.467. The third-order valence-electron chi connectivity index (χ3n) is 3.10. The second kappa shape index (κ2) is 6.26. The Labute approximate surface area is 119 Å². The molecule has 6 N–H and O–H groups in total. The van der Waals surface area contributed by atoms with Gasteiger partial charge in [-0.3, -0.25) is 0 Å². The molecular formula is C15H24N3O2+. The van der Waals surface area contributed by atoms with Crippen LogP contribution < -0.4 is 15.8 Å². The molecule has 0 amide bonds. The number of aromatic amines is 1. The van der Waals surface area contributed by atoms with Gasteiger partial charge in [0.05, 0.1) is 12.1 Å². The standard InChI is InChI=1S/C15H23N3O2/c1-15(2,16)10-17-8-11(19)9-20-14-5-3-4-13-12(14)6-7-18-13/h3-7,11,17-19H,8-10,16H2,1-2H3/p+1. The van der Waals surface area contributed by atoms with Gasteiger partial charge in [0.2, 0.25) is 0 Å². The summed E-state index contributed by atoms with van der Waals surface area (Å²) in [4.78, 5) is 3.14. The smallest absolute Gasteiger partial charge is 0.137 e. The minimum absolute atomic E-state index is 0.225. The molecule has 1 aromatic carbocycles. The number of rotatable bonds is 7. The van der Waals surface area contributed by atoms with Crippen LogP contribution in [0, 0.1) is 0 Å². The molecule has 5 nitrogen and oxygen atoms in total. The maximum absolute atomic E-state index is 9.93.